The number of nitrogens with zero attached hydrogens (tertiary/aromatic N) is 1. The first-order valence-electron chi connectivity index (χ1n) is 6.36. The van der Waals surface area contributed by atoms with Crippen LogP contribution >= 0.6 is 0 Å². The maximum atomic E-state index is 12.0. The molecule has 0 aromatic rings. The Balaban J connectivity index is 2.77. The van der Waals surface area contributed by atoms with Gasteiger partial charge in [0.1, 0.15) is 11.6 Å². The van der Waals surface area contributed by atoms with Crippen molar-refractivity contribution in [3.05, 3.63) is 0 Å². The van der Waals surface area contributed by atoms with Gasteiger partial charge in [-0.1, -0.05) is 13.3 Å². The van der Waals surface area contributed by atoms with Crippen LogP contribution in [0, 0.1) is 5.92 Å². The van der Waals surface area contributed by atoms with Gasteiger partial charge in [-0.05, 0) is 33.1 Å². The molecule has 0 bridgehead atoms. The van der Waals surface area contributed by atoms with Gasteiger partial charge < -0.3 is 9.47 Å². The molecule has 0 aromatic carbocycles. The largest absolute Gasteiger partial charge is 0.467 e. The van der Waals surface area contributed by atoms with Crippen LogP contribution in [-0.2, 0) is 14.3 Å². The van der Waals surface area contributed by atoms with Gasteiger partial charge in [-0.25, -0.2) is 9.59 Å². The van der Waals surface area contributed by atoms with Crippen molar-refractivity contribution in [3.8, 4) is 0 Å². The standard InChI is InChI=1S/C13H23NO4/c1-6-9-7-10(11(15)17-5)14(8-9)12(16)18-13(2,3)4/h9-10H,6-8H2,1-5H3/t9?,10-/m0/s1. The second-order valence-electron chi connectivity index (χ2n) is 5.68. The monoisotopic (exact) mass is 257 g/mol. The number of ether oxygens (including phenoxy) is 2. The Morgan fingerprint density at radius 2 is 1.94 bits per heavy atom. The average molecular weight is 257 g/mol. The molecule has 1 aliphatic rings. The van der Waals surface area contributed by atoms with Crippen LogP contribution in [0.2, 0.25) is 0 Å². The molecule has 0 radical (unpaired) electrons. The number of hydrogen-bond donors (Lipinski definition) is 0. The maximum Gasteiger partial charge on any atom is 0.411 e. The Morgan fingerprint density at radius 1 is 1.33 bits per heavy atom. The van der Waals surface area contributed by atoms with Gasteiger partial charge >= 0.3 is 12.1 Å². The van der Waals surface area contributed by atoms with E-state index in [1.165, 1.54) is 12.0 Å². The molecule has 5 heteroatoms. The SMILES string of the molecule is CCC1C[C@@H](C(=O)OC)N(C(=O)OC(C)(C)C)C1. The Kier molecular flexibility index (Phi) is 4.59. The van der Waals surface area contributed by atoms with Gasteiger partial charge in [0.15, 0.2) is 0 Å². The zero-order chi connectivity index (χ0) is 13.9. The van der Waals surface area contributed by atoms with E-state index in [1.54, 1.807) is 0 Å². The van der Waals surface area contributed by atoms with Crippen LogP contribution in [0.15, 0.2) is 0 Å². The molecule has 1 saturated heterocycles. The first-order chi connectivity index (χ1) is 8.28. The van der Waals surface area contributed by atoms with Crippen molar-refractivity contribution in [1.82, 2.24) is 4.90 Å². The minimum Gasteiger partial charge on any atom is -0.467 e. The first-order valence-corrected chi connectivity index (χ1v) is 6.36. The first kappa shape index (κ1) is 14.8. The number of rotatable bonds is 2. The van der Waals surface area contributed by atoms with E-state index in [9.17, 15) is 9.59 Å². The Hall–Kier alpha value is -1.26. The van der Waals surface area contributed by atoms with Crippen molar-refractivity contribution in [2.24, 2.45) is 5.92 Å². The number of methoxy groups -OCH3 is 1. The van der Waals surface area contributed by atoms with Gasteiger partial charge in [-0.2, -0.15) is 0 Å². The van der Waals surface area contributed by atoms with Gasteiger partial charge in [-0.15, -0.1) is 0 Å². The van der Waals surface area contributed by atoms with E-state index >= 15 is 0 Å². The molecule has 1 heterocycles. The summed E-state index contributed by atoms with van der Waals surface area (Å²) in [5.74, 6) is -0.0292. The molecule has 0 spiro atoms. The zero-order valence-electron chi connectivity index (χ0n) is 11.9. The summed E-state index contributed by atoms with van der Waals surface area (Å²) in [6.07, 6.45) is 1.16. The molecular formula is C13H23NO4. The number of amides is 1. The third-order valence-corrected chi connectivity index (χ3v) is 3.07. The summed E-state index contributed by atoms with van der Waals surface area (Å²) in [7, 11) is 1.34. The summed E-state index contributed by atoms with van der Waals surface area (Å²) in [4.78, 5) is 25.2. The maximum absolute atomic E-state index is 12.0. The fourth-order valence-corrected chi connectivity index (χ4v) is 2.10. The number of carbonyl (C=O) groups is 2. The third-order valence-electron chi connectivity index (χ3n) is 3.07. The summed E-state index contributed by atoms with van der Waals surface area (Å²) >= 11 is 0. The topological polar surface area (TPSA) is 55.8 Å². The van der Waals surface area contributed by atoms with E-state index in [0.29, 0.717) is 18.9 Å². The highest BCUT2D eigenvalue weighted by molar-refractivity contribution is 5.82. The molecule has 104 valence electrons. The smallest absolute Gasteiger partial charge is 0.411 e. The lowest BCUT2D eigenvalue weighted by atomic mass is 10.0. The van der Waals surface area contributed by atoms with Crippen LogP contribution in [0.25, 0.3) is 0 Å². The summed E-state index contributed by atoms with van der Waals surface area (Å²) in [6.45, 7) is 8.05. The molecule has 0 saturated carbocycles. The van der Waals surface area contributed by atoms with Crippen molar-refractivity contribution in [2.45, 2.75) is 52.2 Å². The number of hydrogen-bond acceptors (Lipinski definition) is 4. The Morgan fingerprint density at radius 3 is 2.39 bits per heavy atom. The quantitative estimate of drug-likeness (QED) is 0.712. The van der Waals surface area contributed by atoms with Gasteiger partial charge in [0.05, 0.1) is 7.11 Å². The van der Waals surface area contributed by atoms with Crippen LogP contribution < -0.4 is 0 Å². The minimum atomic E-state index is -0.554. The van der Waals surface area contributed by atoms with Crippen LogP contribution in [0.1, 0.15) is 40.5 Å². The molecule has 5 nitrogen and oxygen atoms in total. The van der Waals surface area contributed by atoms with E-state index < -0.39 is 17.7 Å². The second-order valence-corrected chi connectivity index (χ2v) is 5.68. The van der Waals surface area contributed by atoms with Crippen LogP contribution in [0.5, 0.6) is 0 Å². The van der Waals surface area contributed by atoms with Crippen molar-refractivity contribution in [2.75, 3.05) is 13.7 Å². The summed E-state index contributed by atoms with van der Waals surface area (Å²) in [5.41, 5.74) is -0.554. The molecule has 1 rings (SSSR count). The van der Waals surface area contributed by atoms with Gasteiger partial charge in [0.2, 0.25) is 0 Å². The predicted octanol–water partition coefficient (Wildman–Crippen LogP) is 2.20. The third kappa shape index (κ3) is 3.62. The molecule has 1 aliphatic heterocycles. The fourth-order valence-electron chi connectivity index (χ4n) is 2.10. The lowest BCUT2D eigenvalue weighted by molar-refractivity contribution is -0.145. The van der Waals surface area contributed by atoms with Crippen molar-refractivity contribution >= 4 is 12.1 Å². The summed E-state index contributed by atoms with van der Waals surface area (Å²) in [5, 5.41) is 0. The molecule has 0 N–H and O–H groups in total. The Labute approximate surface area is 108 Å². The molecule has 1 amide bonds. The second kappa shape index (κ2) is 5.59. The normalized spacial score (nSPS) is 23.9. The van der Waals surface area contributed by atoms with Gasteiger partial charge in [0.25, 0.3) is 0 Å². The number of esters is 1. The lowest BCUT2D eigenvalue weighted by Gasteiger charge is -2.27. The molecule has 0 aromatic heterocycles. The highest BCUT2D eigenvalue weighted by Gasteiger charge is 2.41. The van der Waals surface area contributed by atoms with Crippen molar-refractivity contribution in [3.63, 3.8) is 0 Å². The molecule has 1 fully saturated rings. The van der Waals surface area contributed by atoms with Crippen LogP contribution in [0.4, 0.5) is 4.79 Å². The number of likely N-dealkylation sites (tertiary alicyclic amines) is 1. The molecule has 18 heavy (non-hydrogen) atoms. The predicted molar refractivity (Wildman–Crippen MR) is 67.1 cm³/mol. The molecule has 2 atom stereocenters. The number of carbonyl (C=O) groups excluding carboxylic acids is 2. The highest BCUT2D eigenvalue weighted by atomic mass is 16.6. The molecule has 1 unspecified atom stereocenters. The minimum absolute atomic E-state index is 0.335. The highest BCUT2D eigenvalue weighted by Crippen LogP contribution is 2.28. The van der Waals surface area contributed by atoms with E-state index in [1.807, 2.05) is 20.8 Å². The van der Waals surface area contributed by atoms with E-state index in [0.717, 1.165) is 6.42 Å². The van der Waals surface area contributed by atoms with E-state index in [2.05, 4.69) is 6.92 Å². The van der Waals surface area contributed by atoms with E-state index in [4.69, 9.17) is 9.47 Å². The van der Waals surface area contributed by atoms with Crippen molar-refractivity contribution < 1.29 is 19.1 Å². The Bertz CT molecular complexity index is 321. The molecule has 0 aliphatic carbocycles. The van der Waals surface area contributed by atoms with Crippen LogP contribution in [0.3, 0.4) is 0 Å². The van der Waals surface area contributed by atoms with Crippen LogP contribution in [-0.4, -0.2) is 42.3 Å². The van der Waals surface area contributed by atoms with Gasteiger partial charge in [-0.3, -0.25) is 4.90 Å². The lowest BCUT2D eigenvalue weighted by Crippen LogP contribution is -2.43. The van der Waals surface area contributed by atoms with Crippen molar-refractivity contribution in [1.29, 1.82) is 0 Å². The van der Waals surface area contributed by atoms with E-state index in [-0.39, 0.29) is 5.97 Å². The summed E-state index contributed by atoms with van der Waals surface area (Å²) < 4.78 is 10.1. The average Bonchev–Trinajstić information content (AvgIpc) is 2.69. The fraction of sp³-hybridized carbons (Fsp3) is 0.846. The van der Waals surface area contributed by atoms with Gasteiger partial charge in [0, 0.05) is 6.54 Å². The molecular weight excluding hydrogens is 234 g/mol. The zero-order valence-corrected chi connectivity index (χ0v) is 11.9. The summed E-state index contributed by atoms with van der Waals surface area (Å²) in [6, 6.07) is -0.505.